The fourth-order valence-corrected chi connectivity index (χ4v) is 5.01. The van der Waals surface area contributed by atoms with Gasteiger partial charge in [-0.3, -0.25) is 4.79 Å². The van der Waals surface area contributed by atoms with E-state index in [1.165, 1.54) is 24.5 Å². The zero-order valence-corrected chi connectivity index (χ0v) is 19.8. The van der Waals surface area contributed by atoms with E-state index in [0.29, 0.717) is 34.4 Å². The Morgan fingerprint density at radius 2 is 1.84 bits per heavy atom. The lowest BCUT2D eigenvalue weighted by molar-refractivity contribution is 0.104. The summed E-state index contributed by atoms with van der Waals surface area (Å²) in [6.45, 7) is 2.99. The smallest absolute Gasteiger partial charge is 0.240 e. The first kappa shape index (κ1) is 23.9. The number of benzene rings is 2. The number of ether oxygens (including phenoxy) is 1. The maximum Gasteiger partial charge on any atom is 0.240 e. The normalized spacial score (nSPS) is 11.3. The molecular weight excluding hydrogens is 446 g/mol. The molecule has 0 saturated carbocycles. The van der Waals surface area contributed by atoms with Crippen molar-refractivity contribution < 1.29 is 17.9 Å². The Balaban J connectivity index is 1.37. The average molecular weight is 474 g/mol. The fourth-order valence-electron chi connectivity index (χ4n) is 3.10. The second-order valence-electron chi connectivity index (χ2n) is 7.24. The molecule has 0 amide bonds. The summed E-state index contributed by atoms with van der Waals surface area (Å²) in [4.78, 5) is 17.7. The molecule has 3 rings (SSSR count). The number of carbonyl (C=O) groups is 1. The van der Waals surface area contributed by atoms with Crippen molar-refractivity contribution in [3.8, 4) is 5.75 Å². The van der Waals surface area contributed by atoms with Crippen LogP contribution in [0.3, 0.4) is 0 Å². The van der Waals surface area contributed by atoms with Gasteiger partial charge in [0.25, 0.3) is 0 Å². The van der Waals surface area contributed by atoms with Crippen LogP contribution >= 0.6 is 11.3 Å². The van der Waals surface area contributed by atoms with E-state index in [2.05, 4.69) is 15.0 Å². The molecule has 0 saturated heterocycles. The minimum absolute atomic E-state index is 0.0167. The van der Waals surface area contributed by atoms with E-state index in [4.69, 9.17) is 4.74 Å². The summed E-state index contributed by atoms with van der Waals surface area (Å²) in [6.07, 6.45) is 4.05. The summed E-state index contributed by atoms with van der Waals surface area (Å²) in [6, 6.07) is 13.9. The van der Waals surface area contributed by atoms with Crippen LogP contribution in [0.25, 0.3) is 0 Å². The van der Waals surface area contributed by atoms with E-state index >= 15 is 0 Å². The minimum atomic E-state index is -3.55. The number of sulfonamides is 1. The number of hydrogen-bond acceptors (Lipinski definition) is 7. The van der Waals surface area contributed by atoms with Crippen molar-refractivity contribution in [3.63, 3.8) is 0 Å². The van der Waals surface area contributed by atoms with E-state index in [1.807, 2.05) is 31.2 Å². The molecule has 0 spiro atoms. The lowest BCUT2D eigenvalue weighted by Crippen LogP contribution is -2.24. The molecule has 170 valence electrons. The highest BCUT2D eigenvalue weighted by molar-refractivity contribution is 7.89. The van der Waals surface area contributed by atoms with Gasteiger partial charge in [0.1, 0.15) is 5.75 Å². The van der Waals surface area contributed by atoms with Gasteiger partial charge >= 0.3 is 0 Å². The molecule has 1 aromatic heterocycles. The van der Waals surface area contributed by atoms with Crippen LogP contribution in [0.4, 0.5) is 5.13 Å². The Kier molecular flexibility index (Phi) is 8.38. The van der Waals surface area contributed by atoms with E-state index in [9.17, 15) is 13.2 Å². The zero-order valence-electron chi connectivity index (χ0n) is 18.1. The Morgan fingerprint density at radius 1 is 1.06 bits per heavy atom. The summed E-state index contributed by atoms with van der Waals surface area (Å²) in [5.74, 6) is 0.488. The first-order chi connectivity index (χ1) is 15.4. The molecule has 0 aliphatic rings. The van der Waals surface area contributed by atoms with Gasteiger partial charge in [0.15, 0.2) is 5.13 Å². The van der Waals surface area contributed by atoms with Gasteiger partial charge in [0.2, 0.25) is 15.8 Å². The number of anilines is 1. The summed E-state index contributed by atoms with van der Waals surface area (Å²) in [5, 5.41) is 3.94. The van der Waals surface area contributed by atoms with Crippen LogP contribution < -0.4 is 14.8 Å². The van der Waals surface area contributed by atoms with Crippen LogP contribution in [0.1, 0.15) is 40.1 Å². The third-order valence-corrected chi connectivity index (χ3v) is 7.31. The van der Waals surface area contributed by atoms with E-state index < -0.39 is 10.0 Å². The number of hydrogen-bond donors (Lipinski definition) is 2. The molecular formula is C23H27N3O4S2. The second-order valence-corrected chi connectivity index (χ2v) is 10.0. The van der Waals surface area contributed by atoms with Gasteiger partial charge in [-0.05, 0) is 37.5 Å². The standard InChI is InChI=1S/C23H27N3O4S2/c1-17-9-4-5-12-20(17)22(27)21-16-25-23(31-21)24-13-6-3-7-14-26-32(28,29)19-11-8-10-18(15-19)30-2/h4-5,8-12,15-16,26H,3,6-7,13-14H2,1-2H3,(H,24,25). The van der Waals surface area contributed by atoms with Crippen LogP contribution in [0.2, 0.25) is 0 Å². The molecule has 1 heterocycles. The van der Waals surface area contributed by atoms with Crippen molar-refractivity contribution in [2.24, 2.45) is 0 Å². The number of nitrogens with one attached hydrogen (secondary N) is 2. The maximum atomic E-state index is 12.6. The van der Waals surface area contributed by atoms with Gasteiger partial charge < -0.3 is 10.1 Å². The van der Waals surface area contributed by atoms with E-state index in [1.54, 1.807) is 24.4 Å². The van der Waals surface area contributed by atoms with Gasteiger partial charge in [0, 0.05) is 24.7 Å². The van der Waals surface area contributed by atoms with Crippen LogP contribution in [0.15, 0.2) is 59.6 Å². The van der Waals surface area contributed by atoms with Crippen LogP contribution in [0.5, 0.6) is 5.75 Å². The van der Waals surface area contributed by atoms with Crippen LogP contribution in [-0.2, 0) is 10.0 Å². The fraction of sp³-hybridized carbons (Fsp3) is 0.304. The van der Waals surface area contributed by atoms with E-state index in [-0.39, 0.29) is 10.7 Å². The Hall–Kier alpha value is -2.75. The quantitative estimate of drug-likeness (QED) is 0.301. The molecule has 0 aliphatic heterocycles. The Morgan fingerprint density at radius 3 is 2.62 bits per heavy atom. The van der Waals surface area contributed by atoms with Gasteiger partial charge in [-0.2, -0.15) is 0 Å². The highest BCUT2D eigenvalue weighted by Gasteiger charge is 2.15. The number of aromatic nitrogens is 1. The molecule has 0 bridgehead atoms. The number of aryl methyl sites for hydroxylation is 1. The summed E-state index contributed by atoms with van der Waals surface area (Å²) >= 11 is 1.34. The monoisotopic (exact) mass is 473 g/mol. The number of nitrogens with zero attached hydrogens (tertiary/aromatic N) is 1. The SMILES string of the molecule is COc1cccc(S(=O)(=O)NCCCCCNc2ncc(C(=O)c3ccccc3C)s2)c1. The molecule has 0 unspecified atom stereocenters. The molecule has 0 fully saturated rings. The number of unbranched alkanes of at least 4 members (excludes halogenated alkanes) is 2. The van der Waals surface area contributed by atoms with Gasteiger partial charge in [0.05, 0.1) is 23.1 Å². The summed E-state index contributed by atoms with van der Waals surface area (Å²) in [7, 11) is -2.04. The average Bonchev–Trinajstić information content (AvgIpc) is 3.27. The molecule has 9 heteroatoms. The summed E-state index contributed by atoms with van der Waals surface area (Å²) < 4.78 is 32.4. The zero-order chi connectivity index (χ0) is 23.0. The molecule has 0 aliphatic carbocycles. The number of methoxy groups -OCH3 is 1. The van der Waals surface area contributed by atoms with Crippen LogP contribution in [0, 0.1) is 6.92 Å². The first-order valence-electron chi connectivity index (χ1n) is 10.3. The third kappa shape index (κ3) is 6.38. The Labute approximate surface area is 192 Å². The molecule has 2 N–H and O–H groups in total. The van der Waals surface area contributed by atoms with Crippen molar-refractivity contribution in [1.82, 2.24) is 9.71 Å². The van der Waals surface area contributed by atoms with Crippen molar-refractivity contribution in [3.05, 3.63) is 70.7 Å². The lowest BCUT2D eigenvalue weighted by Gasteiger charge is -2.08. The maximum absolute atomic E-state index is 12.6. The van der Waals surface area contributed by atoms with Crippen molar-refractivity contribution in [2.75, 3.05) is 25.5 Å². The van der Waals surface area contributed by atoms with Crippen molar-refractivity contribution >= 4 is 32.3 Å². The number of rotatable bonds is 12. The van der Waals surface area contributed by atoms with Crippen molar-refractivity contribution in [2.45, 2.75) is 31.1 Å². The number of thiazole rings is 1. The van der Waals surface area contributed by atoms with Gasteiger partial charge in [-0.1, -0.05) is 48.1 Å². The van der Waals surface area contributed by atoms with Gasteiger partial charge in [-0.25, -0.2) is 18.1 Å². The molecule has 2 aromatic carbocycles. The largest absolute Gasteiger partial charge is 0.497 e. The molecule has 0 radical (unpaired) electrons. The topological polar surface area (TPSA) is 97.4 Å². The molecule has 32 heavy (non-hydrogen) atoms. The molecule has 3 aromatic rings. The number of carbonyl (C=O) groups excluding carboxylic acids is 1. The predicted octanol–water partition coefficient (Wildman–Crippen LogP) is 4.25. The van der Waals surface area contributed by atoms with E-state index in [0.717, 1.165) is 24.8 Å². The first-order valence-corrected chi connectivity index (χ1v) is 12.6. The predicted molar refractivity (Wildman–Crippen MR) is 127 cm³/mol. The molecule has 0 atom stereocenters. The number of ketones is 1. The second kappa shape index (κ2) is 11.2. The highest BCUT2D eigenvalue weighted by atomic mass is 32.2. The summed E-state index contributed by atoms with van der Waals surface area (Å²) in [5.41, 5.74) is 1.64. The molecule has 7 nitrogen and oxygen atoms in total. The lowest BCUT2D eigenvalue weighted by atomic mass is 10.0. The van der Waals surface area contributed by atoms with Crippen molar-refractivity contribution in [1.29, 1.82) is 0 Å². The third-order valence-electron chi connectivity index (χ3n) is 4.89. The minimum Gasteiger partial charge on any atom is -0.497 e. The highest BCUT2D eigenvalue weighted by Crippen LogP contribution is 2.23. The van der Waals surface area contributed by atoms with Gasteiger partial charge in [-0.15, -0.1) is 0 Å². The van der Waals surface area contributed by atoms with Crippen LogP contribution in [-0.4, -0.2) is 39.4 Å². The Bertz CT molecular complexity index is 1160.